The van der Waals surface area contributed by atoms with Gasteiger partial charge in [-0.05, 0) is 10.8 Å². The largest absolute Gasteiger partial charge is 0.290 e. The highest BCUT2D eigenvalue weighted by molar-refractivity contribution is 5.91. The molecular weight excluding hydrogens is 160 g/mol. The van der Waals surface area contributed by atoms with E-state index in [-0.39, 0.29) is 5.76 Å². The smallest absolute Gasteiger partial charge is 0.179 e. The van der Waals surface area contributed by atoms with Gasteiger partial charge in [-0.1, -0.05) is 49.0 Å². The van der Waals surface area contributed by atoms with Gasteiger partial charge in [0.2, 0.25) is 0 Å². The molecule has 0 atom stereocenters. The Labute approximate surface area is 76.9 Å². The fraction of sp³-hybridized carbons (Fsp3) is 0. The summed E-state index contributed by atoms with van der Waals surface area (Å²) in [5.41, 5.74) is 0.693. The van der Waals surface area contributed by atoms with E-state index in [0.29, 0.717) is 5.56 Å². The zero-order chi connectivity index (χ0) is 9.26. The standard InChI is InChI=1S/C12H9O/c1-9(13)11-8-4-6-10-5-2-3-7-12(10)11/h2-8H,1H2. The summed E-state index contributed by atoms with van der Waals surface area (Å²) in [6.45, 7) is 3.42. The molecule has 0 heterocycles. The average Bonchev–Trinajstić information content (AvgIpc) is 2.17. The lowest BCUT2D eigenvalue weighted by molar-refractivity contribution is 0.391. The fourth-order valence-corrected chi connectivity index (χ4v) is 1.47. The van der Waals surface area contributed by atoms with Crippen LogP contribution in [0.3, 0.4) is 0 Å². The molecule has 13 heavy (non-hydrogen) atoms. The van der Waals surface area contributed by atoms with Crippen molar-refractivity contribution in [2.75, 3.05) is 0 Å². The third kappa shape index (κ3) is 1.29. The molecule has 0 aliphatic carbocycles. The topological polar surface area (TPSA) is 19.9 Å². The van der Waals surface area contributed by atoms with Gasteiger partial charge >= 0.3 is 0 Å². The first kappa shape index (κ1) is 7.87. The van der Waals surface area contributed by atoms with Gasteiger partial charge in [-0.15, -0.1) is 0 Å². The predicted molar refractivity (Wildman–Crippen MR) is 53.7 cm³/mol. The van der Waals surface area contributed by atoms with Crippen LogP contribution in [0.2, 0.25) is 0 Å². The Bertz CT molecular complexity index is 452. The van der Waals surface area contributed by atoms with E-state index in [4.69, 9.17) is 0 Å². The summed E-state index contributed by atoms with van der Waals surface area (Å²) >= 11 is 0. The van der Waals surface area contributed by atoms with Crippen LogP contribution in [0.1, 0.15) is 5.56 Å². The molecule has 63 valence electrons. The molecule has 0 bridgehead atoms. The van der Waals surface area contributed by atoms with Crippen molar-refractivity contribution in [1.29, 1.82) is 0 Å². The van der Waals surface area contributed by atoms with Gasteiger partial charge in [0.15, 0.2) is 5.76 Å². The lowest BCUT2D eigenvalue weighted by Gasteiger charge is -2.01. The van der Waals surface area contributed by atoms with Gasteiger partial charge in [-0.2, -0.15) is 0 Å². The molecule has 1 radical (unpaired) electrons. The van der Waals surface area contributed by atoms with Crippen LogP contribution in [0.4, 0.5) is 0 Å². The first-order chi connectivity index (χ1) is 6.29. The number of hydrogen-bond acceptors (Lipinski definition) is 0. The maximum atomic E-state index is 11.1. The first-order valence-corrected chi connectivity index (χ1v) is 4.13. The Morgan fingerprint density at radius 3 is 2.46 bits per heavy atom. The summed E-state index contributed by atoms with van der Waals surface area (Å²) in [5.74, 6) is -0.128. The number of hydrogen-bond donors (Lipinski definition) is 0. The normalized spacial score (nSPS) is 10.2. The van der Waals surface area contributed by atoms with Crippen molar-refractivity contribution in [3.8, 4) is 0 Å². The molecule has 2 rings (SSSR count). The highest BCUT2D eigenvalue weighted by atomic mass is 16.3. The van der Waals surface area contributed by atoms with E-state index in [1.54, 1.807) is 6.07 Å². The van der Waals surface area contributed by atoms with Crippen LogP contribution >= 0.6 is 0 Å². The summed E-state index contributed by atoms with van der Waals surface area (Å²) in [4.78, 5) is 0. The third-order valence-electron chi connectivity index (χ3n) is 2.09. The molecule has 0 aliphatic heterocycles. The second-order valence-electron chi connectivity index (χ2n) is 2.95. The highest BCUT2D eigenvalue weighted by Crippen LogP contribution is 2.22. The van der Waals surface area contributed by atoms with E-state index in [1.165, 1.54) is 0 Å². The Morgan fingerprint density at radius 2 is 1.69 bits per heavy atom. The molecule has 0 saturated carbocycles. The van der Waals surface area contributed by atoms with E-state index < -0.39 is 0 Å². The SMILES string of the molecule is C=C([O])c1cccc2ccccc12. The minimum absolute atomic E-state index is 0.128. The summed E-state index contributed by atoms with van der Waals surface area (Å²) in [6.07, 6.45) is 0. The molecule has 0 amide bonds. The maximum absolute atomic E-state index is 11.1. The molecule has 0 spiro atoms. The molecular formula is C12H9O. The summed E-state index contributed by atoms with van der Waals surface area (Å²) in [6, 6.07) is 13.5. The van der Waals surface area contributed by atoms with Crippen LogP contribution in [0.25, 0.3) is 16.5 Å². The number of benzene rings is 2. The number of fused-ring (bicyclic) bond motifs is 1. The summed E-state index contributed by atoms with van der Waals surface area (Å²) < 4.78 is 0. The van der Waals surface area contributed by atoms with Crippen LogP contribution in [-0.2, 0) is 5.11 Å². The average molecular weight is 169 g/mol. The zero-order valence-corrected chi connectivity index (χ0v) is 7.16. The molecule has 2 aromatic rings. The van der Waals surface area contributed by atoms with Crippen molar-refractivity contribution >= 4 is 16.5 Å². The molecule has 2 aromatic carbocycles. The van der Waals surface area contributed by atoms with Crippen LogP contribution in [0.5, 0.6) is 0 Å². The van der Waals surface area contributed by atoms with Gasteiger partial charge in [0.25, 0.3) is 0 Å². The first-order valence-electron chi connectivity index (χ1n) is 4.13. The van der Waals surface area contributed by atoms with Crippen LogP contribution in [0, 0.1) is 0 Å². The number of rotatable bonds is 1. The molecule has 0 unspecified atom stereocenters. The molecule has 0 fully saturated rings. The molecule has 0 aromatic heterocycles. The third-order valence-corrected chi connectivity index (χ3v) is 2.09. The molecule has 0 N–H and O–H groups in total. The van der Waals surface area contributed by atoms with Crippen molar-refractivity contribution in [2.45, 2.75) is 0 Å². The molecule has 1 heteroatoms. The van der Waals surface area contributed by atoms with Gasteiger partial charge in [0.05, 0.1) is 0 Å². The molecule has 0 saturated heterocycles. The van der Waals surface area contributed by atoms with E-state index in [9.17, 15) is 5.11 Å². The Morgan fingerprint density at radius 1 is 1.00 bits per heavy atom. The van der Waals surface area contributed by atoms with Gasteiger partial charge < -0.3 is 0 Å². The lowest BCUT2D eigenvalue weighted by atomic mass is 10.0. The van der Waals surface area contributed by atoms with Crippen LogP contribution < -0.4 is 0 Å². The predicted octanol–water partition coefficient (Wildman–Crippen LogP) is 3.24. The van der Waals surface area contributed by atoms with Crippen molar-refractivity contribution < 1.29 is 5.11 Å². The molecule has 0 aliphatic rings. The Hall–Kier alpha value is -1.76. The highest BCUT2D eigenvalue weighted by Gasteiger charge is 2.02. The van der Waals surface area contributed by atoms with Crippen LogP contribution in [0.15, 0.2) is 49.0 Å². The van der Waals surface area contributed by atoms with Gasteiger partial charge in [-0.25, -0.2) is 0 Å². The second-order valence-corrected chi connectivity index (χ2v) is 2.95. The van der Waals surface area contributed by atoms with E-state index in [0.717, 1.165) is 10.8 Å². The fourth-order valence-electron chi connectivity index (χ4n) is 1.47. The van der Waals surface area contributed by atoms with Gasteiger partial charge in [0.1, 0.15) is 0 Å². The monoisotopic (exact) mass is 169 g/mol. The molecule has 1 nitrogen and oxygen atoms in total. The summed E-state index contributed by atoms with van der Waals surface area (Å²) in [7, 11) is 0. The van der Waals surface area contributed by atoms with Gasteiger partial charge in [-0.3, -0.25) is 5.11 Å². The van der Waals surface area contributed by atoms with Crippen molar-refractivity contribution in [3.63, 3.8) is 0 Å². The quantitative estimate of drug-likeness (QED) is 0.584. The maximum Gasteiger partial charge on any atom is 0.179 e. The van der Waals surface area contributed by atoms with Gasteiger partial charge in [0, 0.05) is 5.56 Å². The van der Waals surface area contributed by atoms with E-state index >= 15 is 0 Å². The summed E-state index contributed by atoms with van der Waals surface area (Å²) in [5, 5.41) is 13.2. The lowest BCUT2D eigenvalue weighted by Crippen LogP contribution is -1.81. The minimum Gasteiger partial charge on any atom is -0.290 e. The van der Waals surface area contributed by atoms with Crippen molar-refractivity contribution in [2.24, 2.45) is 0 Å². The van der Waals surface area contributed by atoms with Crippen molar-refractivity contribution in [1.82, 2.24) is 0 Å². The Balaban J connectivity index is 2.83. The van der Waals surface area contributed by atoms with Crippen molar-refractivity contribution in [3.05, 3.63) is 54.6 Å². The van der Waals surface area contributed by atoms with E-state index in [1.807, 2.05) is 36.4 Å². The minimum atomic E-state index is -0.128. The van der Waals surface area contributed by atoms with Crippen LogP contribution in [-0.4, -0.2) is 0 Å². The Kier molecular flexibility index (Phi) is 1.78. The zero-order valence-electron chi connectivity index (χ0n) is 7.16. The second kappa shape index (κ2) is 2.94. The van der Waals surface area contributed by atoms with E-state index in [2.05, 4.69) is 6.58 Å².